The summed E-state index contributed by atoms with van der Waals surface area (Å²) in [6.07, 6.45) is 7.56. The molecule has 0 unspecified atom stereocenters. The molecule has 3 aromatic heterocycles. The van der Waals surface area contributed by atoms with Gasteiger partial charge in [-0.05, 0) is 73.2 Å². The Bertz CT molecular complexity index is 1650. The van der Waals surface area contributed by atoms with E-state index >= 15 is 0 Å². The number of benzene rings is 2. The molecule has 8 heteroatoms. The van der Waals surface area contributed by atoms with Crippen molar-refractivity contribution in [3.63, 3.8) is 0 Å². The van der Waals surface area contributed by atoms with Crippen molar-refractivity contribution in [3.05, 3.63) is 102 Å². The van der Waals surface area contributed by atoms with Gasteiger partial charge in [0.05, 0.1) is 11.3 Å². The molecule has 5 aromatic rings. The Balaban J connectivity index is 1.32. The molecule has 1 fully saturated rings. The average Bonchev–Trinajstić information content (AvgIpc) is 3.00. The lowest BCUT2D eigenvalue weighted by Crippen LogP contribution is -2.38. The summed E-state index contributed by atoms with van der Waals surface area (Å²) in [7, 11) is 0. The lowest BCUT2D eigenvalue weighted by Gasteiger charge is -2.23. The van der Waals surface area contributed by atoms with Crippen molar-refractivity contribution in [3.8, 4) is 22.9 Å². The van der Waals surface area contributed by atoms with Gasteiger partial charge in [-0.1, -0.05) is 36.4 Å². The average molecular weight is 531 g/mol. The molecule has 2 aromatic carbocycles. The number of fused-ring (bicyclic) bond motifs is 1. The van der Waals surface area contributed by atoms with Crippen molar-refractivity contribution in [1.82, 2.24) is 25.3 Å². The maximum atomic E-state index is 12.9. The highest BCUT2D eigenvalue weighted by molar-refractivity contribution is 6.00. The van der Waals surface area contributed by atoms with Crippen molar-refractivity contribution in [2.24, 2.45) is 0 Å². The lowest BCUT2D eigenvalue weighted by atomic mass is 9.97. The third kappa shape index (κ3) is 5.53. The number of Topliss-reactive ketones (excluding diaryl/α,β-unsaturated/α-hetero) is 1. The van der Waals surface area contributed by atoms with Gasteiger partial charge < -0.3 is 15.4 Å². The number of carbonyl (C=O) groups is 1. The van der Waals surface area contributed by atoms with Crippen molar-refractivity contribution in [2.75, 3.05) is 18.4 Å². The number of anilines is 1. The summed E-state index contributed by atoms with van der Waals surface area (Å²) in [4.78, 5) is 31.0. The summed E-state index contributed by atoms with van der Waals surface area (Å²) in [5.41, 5.74) is 3.84. The Labute approximate surface area is 232 Å². The zero-order valence-corrected chi connectivity index (χ0v) is 22.3. The zero-order valence-electron chi connectivity index (χ0n) is 22.3. The number of aromatic nitrogens is 4. The minimum atomic E-state index is -0.0275. The molecule has 0 spiro atoms. The van der Waals surface area contributed by atoms with Gasteiger partial charge in [0.15, 0.2) is 5.78 Å². The fourth-order valence-corrected chi connectivity index (χ4v) is 5.08. The van der Waals surface area contributed by atoms with Crippen molar-refractivity contribution in [2.45, 2.75) is 32.2 Å². The second-order valence-corrected chi connectivity index (χ2v) is 9.95. The van der Waals surface area contributed by atoms with Crippen LogP contribution in [0.2, 0.25) is 0 Å². The van der Waals surface area contributed by atoms with Crippen LogP contribution in [0.15, 0.2) is 85.3 Å². The number of carbonyl (C=O) groups excluding carboxylic acids is 1. The molecule has 1 aliphatic rings. The first-order chi connectivity index (χ1) is 19.7. The van der Waals surface area contributed by atoms with E-state index in [1.165, 1.54) is 0 Å². The standard InChI is InChI=1S/C32H30N6O2/c1-21-12-13-24-22(19-29(39)28-11-2-3-16-34-28)7-4-9-25(24)30(21)40-31-26(10-6-17-35-31)27-14-18-36-32(38-27)37-23-8-5-15-33-20-23/h2-4,6-7,9-14,16-18,23,33H,5,8,15,19-20H2,1H3,(H,36,37,38)/t23-/m0/s1. The van der Waals surface area contributed by atoms with E-state index in [0.717, 1.165) is 59.1 Å². The van der Waals surface area contributed by atoms with Gasteiger partial charge in [0.1, 0.15) is 11.4 Å². The highest BCUT2D eigenvalue weighted by Crippen LogP contribution is 2.37. The van der Waals surface area contributed by atoms with Crippen LogP contribution in [0.3, 0.4) is 0 Å². The van der Waals surface area contributed by atoms with E-state index in [1.54, 1.807) is 30.7 Å². The summed E-state index contributed by atoms with van der Waals surface area (Å²) >= 11 is 0. The number of nitrogens with one attached hydrogen (secondary N) is 2. The molecule has 0 saturated carbocycles. The molecule has 6 rings (SSSR count). The molecule has 0 amide bonds. The van der Waals surface area contributed by atoms with E-state index in [9.17, 15) is 4.79 Å². The number of piperidine rings is 1. The third-order valence-electron chi connectivity index (χ3n) is 7.13. The second kappa shape index (κ2) is 11.6. The van der Waals surface area contributed by atoms with Crippen LogP contribution in [-0.4, -0.2) is 44.9 Å². The molecular weight excluding hydrogens is 500 g/mol. The number of pyridine rings is 2. The third-order valence-corrected chi connectivity index (χ3v) is 7.13. The van der Waals surface area contributed by atoms with E-state index in [0.29, 0.717) is 29.3 Å². The minimum Gasteiger partial charge on any atom is -0.437 e. The van der Waals surface area contributed by atoms with Crippen molar-refractivity contribution < 1.29 is 9.53 Å². The fourth-order valence-electron chi connectivity index (χ4n) is 5.08. The quantitative estimate of drug-likeness (QED) is 0.244. The normalized spacial score (nSPS) is 15.1. The van der Waals surface area contributed by atoms with Gasteiger partial charge in [-0.25, -0.2) is 15.0 Å². The summed E-state index contributed by atoms with van der Waals surface area (Å²) in [5, 5.41) is 8.73. The molecule has 1 saturated heterocycles. The highest BCUT2D eigenvalue weighted by Gasteiger charge is 2.18. The molecule has 200 valence electrons. The van der Waals surface area contributed by atoms with Gasteiger partial charge >= 0.3 is 0 Å². The van der Waals surface area contributed by atoms with E-state index in [-0.39, 0.29) is 12.2 Å². The monoisotopic (exact) mass is 530 g/mol. The number of hydrogen-bond acceptors (Lipinski definition) is 8. The van der Waals surface area contributed by atoms with E-state index < -0.39 is 0 Å². The SMILES string of the molecule is Cc1ccc2c(CC(=O)c3ccccn3)cccc2c1Oc1ncccc1-c1ccnc(N[C@H]2CCCNC2)n1. The summed E-state index contributed by atoms with van der Waals surface area (Å²) in [6.45, 7) is 3.95. The Kier molecular flexibility index (Phi) is 7.41. The maximum absolute atomic E-state index is 12.9. The highest BCUT2D eigenvalue weighted by atomic mass is 16.5. The molecule has 2 N–H and O–H groups in total. The summed E-state index contributed by atoms with van der Waals surface area (Å²) < 4.78 is 6.54. The molecule has 0 radical (unpaired) electrons. The van der Waals surface area contributed by atoms with Crippen LogP contribution in [0.4, 0.5) is 5.95 Å². The van der Waals surface area contributed by atoms with Crippen LogP contribution in [0, 0.1) is 6.92 Å². The maximum Gasteiger partial charge on any atom is 0.228 e. The Morgan fingerprint density at radius 3 is 2.73 bits per heavy atom. The molecular formula is C32H30N6O2. The Morgan fingerprint density at radius 1 is 0.950 bits per heavy atom. The second-order valence-electron chi connectivity index (χ2n) is 9.95. The van der Waals surface area contributed by atoms with Gasteiger partial charge in [-0.3, -0.25) is 9.78 Å². The number of nitrogens with zero attached hydrogens (tertiary/aromatic N) is 4. The number of hydrogen-bond donors (Lipinski definition) is 2. The molecule has 0 bridgehead atoms. The molecule has 1 aliphatic heterocycles. The van der Waals surface area contributed by atoms with Crippen LogP contribution in [0.25, 0.3) is 22.0 Å². The molecule has 1 atom stereocenters. The van der Waals surface area contributed by atoms with Gasteiger partial charge in [0.2, 0.25) is 11.8 Å². The Hall–Kier alpha value is -4.69. The summed E-state index contributed by atoms with van der Waals surface area (Å²) in [6, 6.07) is 21.4. The van der Waals surface area contributed by atoms with Crippen LogP contribution in [0.1, 0.15) is 34.5 Å². The van der Waals surface area contributed by atoms with Crippen LogP contribution < -0.4 is 15.4 Å². The van der Waals surface area contributed by atoms with Gasteiger partial charge in [0.25, 0.3) is 0 Å². The van der Waals surface area contributed by atoms with Crippen molar-refractivity contribution in [1.29, 1.82) is 0 Å². The van der Waals surface area contributed by atoms with Gasteiger partial charge in [0, 0.05) is 43.0 Å². The topological polar surface area (TPSA) is 102 Å². The molecule has 0 aliphatic carbocycles. The molecule has 40 heavy (non-hydrogen) atoms. The predicted octanol–water partition coefficient (Wildman–Crippen LogP) is 5.78. The van der Waals surface area contributed by atoms with E-state index in [2.05, 4.69) is 25.6 Å². The first kappa shape index (κ1) is 25.6. The lowest BCUT2D eigenvalue weighted by molar-refractivity contribution is 0.0988. The smallest absolute Gasteiger partial charge is 0.228 e. The molecule has 8 nitrogen and oxygen atoms in total. The predicted molar refractivity (Wildman–Crippen MR) is 156 cm³/mol. The number of aryl methyl sites for hydroxylation is 1. The summed E-state index contributed by atoms with van der Waals surface area (Å²) in [5.74, 6) is 1.72. The number of rotatable bonds is 8. The van der Waals surface area contributed by atoms with Crippen LogP contribution >= 0.6 is 0 Å². The van der Waals surface area contributed by atoms with Gasteiger partial charge in [-0.2, -0.15) is 0 Å². The minimum absolute atomic E-state index is 0.0275. The van der Waals surface area contributed by atoms with Crippen LogP contribution in [-0.2, 0) is 6.42 Å². The number of ketones is 1. The van der Waals surface area contributed by atoms with E-state index in [1.807, 2.05) is 61.5 Å². The van der Waals surface area contributed by atoms with E-state index in [4.69, 9.17) is 9.72 Å². The fraction of sp³-hybridized carbons (Fsp3) is 0.219. The Morgan fingerprint density at radius 2 is 1.88 bits per heavy atom. The first-order valence-corrected chi connectivity index (χ1v) is 13.5. The first-order valence-electron chi connectivity index (χ1n) is 13.5. The molecule has 4 heterocycles. The zero-order chi connectivity index (χ0) is 27.3. The van der Waals surface area contributed by atoms with Crippen molar-refractivity contribution >= 4 is 22.5 Å². The largest absolute Gasteiger partial charge is 0.437 e. The van der Waals surface area contributed by atoms with Crippen LogP contribution in [0.5, 0.6) is 11.6 Å². The van der Waals surface area contributed by atoms with Gasteiger partial charge in [-0.15, -0.1) is 0 Å². The number of ether oxygens (including phenoxy) is 1.